The number of hydrogen-bond donors (Lipinski definition) is 0. The zero-order valence-corrected chi connectivity index (χ0v) is 6.32. The SMILES string of the molecule is C1=C[CH2][Ge][CH2]C=C1. The molecule has 0 spiro atoms. The van der Waals surface area contributed by atoms with Gasteiger partial charge in [0.2, 0.25) is 0 Å². The number of hydrogen-bond acceptors (Lipinski definition) is 0. The van der Waals surface area contributed by atoms with Gasteiger partial charge in [0.25, 0.3) is 0 Å². The molecule has 1 heteroatoms. The normalized spacial score (nSPS) is 19.4. The molecular formula is C6H8Ge. The van der Waals surface area contributed by atoms with E-state index in [1.807, 2.05) is 0 Å². The van der Waals surface area contributed by atoms with Crippen molar-refractivity contribution >= 4 is 15.4 Å². The van der Waals surface area contributed by atoms with Crippen LogP contribution in [-0.4, -0.2) is 15.4 Å². The van der Waals surface area contributed by atoms with Crippen molar-refractivity contribution in [2.24, 2.45) is 0 Å². The molecule has 7 heavy (non-hydrogen) atoms. The molecule has 0 amide bonds. The molecule has 0 aromatic heterocycles. The molecule has 0 nitrogen and oxygen atoms in total. The second-order valence-electron chi connectivity index (χ2n) is 1.51. The van der Waals surface area contributed by atoms with Gasteiger partial charge < -0.3 is 0 Å². The molecule has 0 aromatic rings. The van der Waals surface area contributed by atoms with Crippen LogP contribution >= 0.6 is 0 Å². The van der Waals surface area contributed by atoms with E-state index < -0.39 is 0 Å². The zero-order chi connectivity index (χ0) is 4.95. The summed E-state index contributed by atoms with van der Waals surface area (Å²) in [6.07, 6.45) is 8.83. The van der Waals surface area contributed by atoms with Crippen molar-refractivity contribution in [1.29, 1.82) is 0 Å². The molecule has 1 rings (SSSR count). The van der Waals surface area contributed by atoms with Gasteiger partial charge in [-0.05, 0) is 0 Å². The van der Waals surface area contributed by atoms with Gasteiger partial charge in [-0.25, -0.2) is 0 Å². The van der Waals surface area contributed by atoms with Gasteiger partial charge in [0.15, 0.2) is 0 Å². The molecular weight excluding hydrogens is 145 g/mol. The van der Waals surface area contributed by atoms with Crippen molar-refractivity contribution in [2.75, 3.05) is 0 Å². The molecule has 0 unspecified atom stereocenters. The molecule has 0 atom stereocenters. The summed E-state index contributed by atoms with van der Waals surface area (Å²) < 4.78 is 0. The molecule has 1 heterocycles. The monoisotopic (exact) mass is 154 g/mol. The van der Waals surface area contributed by atoms with Gasteiger partial charge in [-0.15, -0.1) is 0 Å². The van der Waals surface area contributed by atoms with Crippen LogP contribution in [0.15, 0.2) is 24.3 Å². The first-order valence-electron chi connectivity index (χ1n) is 2.52. The summed E-state index contributed by atoms with van der Waals surface area (Å²) in [4.78, 5) is 0. The third-order valence-electron chi connectivity index (χ3n) is 0.908. The van der Waals surface area contributed by atoms with Crippen LogP contribution in [0.5, 0.6) is 0 Å². The summed E-state index contributed by atoms with van der Waals surface area (Å²) in [7, 11) is 0. The van der Waals surface area contributed by atoms with Crippen molar-refractivity contribution in [2.45, 2.75) is 10.5 Å². The Morgan fingerprint density at radius 3 is 2.14 bits per heavy atom. The molecule has 0 aliphatic carbocycles. The van der Waals surface area contributed by atoms with Crippen molar-refractivity contribution in [3.63, 3.8) is 0 Å². The quantitative estimate of drug-likeness (QED) is 0.464. The van der Waals surface area contributed by atoms with Crippen LogP contribution < -0.4 is 0 Å². The summed E-state index contributed by atoms with van der Waals surface area (Å²) in [6, 6.07) is 0. The van der Waals surface area contributed by atoms with Crippen LogP contribution in [0, 0.1) is 0 Å². The van der Waals surface area contributed by atoms with E-state index in [4.69, 9.17) is 0 Å². The number of rotatable bonds is 0. The maximum atomic E-state index is 2.27. The van der Waals surface area contributed by atoms with Gasteiger partial charge in [-0.1, -0.05) is 0 Å². The Kier molecular flexibility index (Phi) is 2.27. The van der Waals surface area contributed by atoms with Crippen LogP contribution in [0.4, 0.5) is 0 Å². The third-order valence-corrected chi connectivity index (χ3v) is 3.11. The topological polar surface area (TPSA) is 0 Å². The van der Waals surface area contributed by atoms with E-state index in [2.05, 4.69) is 24.3 Å². The first kappa shape index (κ1) is 5.17. The molecule has 1 aliphatic rings. The van der Waals surface area contributed by atoms with Crippen molar-refractivity contribution in [1.82, 2.24) is 0 Å². The Morgan fingerprint density at radius 2 is 1.57 bits per heavy atom. The van der Waals surface area contributed by atoms with Gasteiger partial charge in [-0.3, -0.25) is 0 Å². The predicted molar refractivity (Wildman–Crippen MR) is 33.6 cm³/mol. The fourth-order valence-electron chi connectivity index (χ4n) is 0.543. The van der Waals surface area contributed by atoms with Gasteiger partial charge >= 0.3 is 50.2 Å². The minimum absolute atomic E-state index is 0.403. The zero-order valence-electron chi connectivity index (χ0n) is 4.22. The predicted octanol–water partition coefficient (Wildman–Crippen LogP) is 1.65. The summed E-state index contributed by atoms with van der Waals surface area (Å²) in [5.74, 6) is 0. The minimum atomic E-state index is 0.403. The molecule has 2 radical (unpaired) electrons. The Bertz CT molecular complexity index is 80.4. The molecule has 0 aromatic carbocycles. The van der Waals surface area contributed by atoms with Crippen molar-refractivity contribution in [3.05, 3.63) is 24.3 Å². The van der Waals surface area contributed by atoms with Gasteiger partial charge in [0.1, 0.15) is 0 Å². The van der Waals surface area contributed by atoms with E-state index in [9.17, 15) is 0 Å². The van der Waals surface area contributed by atoms with E-state index in [0.717, 1.165) is 0 Å². The summed E-state index contributed by atoms with van der Waals surface area (Å²) in [6.45, 7) is 0. The Labute approximate surface area is 50.8 Å². The Balaban J connectivity index is 2.39. The second kappa shape index (κ2) is 3.08. The van der Waals surface area contributed by atoms with E-state index in [1.54, 1.807) is 0 Å². The van der Waals surface area contributed by atoms with Crippen LogP contribution in [0.2, 0.25) is 10.5 Å². The first-order valence-corrected chi connectivity index (χ1v) is 5.49. The molecule has 0 fully saturated rings. The van der Waals surface area contributed by atoms with Crippen LogP contribution in [-0.2, 0) is 0 Å². The fourth-order valence-corrected chi connectivity index (χ4v) is 2.16. The first-order chi connectivity index (χ1) is 3.50. The van der Waals surface area contributed by atoms with E-state index in [-0.39, 0.29) is 0 Å². The van der Waals surface area contributed by atoms with E-state index in [1.165, 1.54) is 10.5 Å². The van der Waals surface area contributed by atoms with Gasteiger partial charge in [0.05, 0.1) is 0 Å². The van der Waals surface area contributed by atoms with E-state index >= 15 is 0 Å². The molecule has 0 N–H and O–H groups in total. The Hall–Kier alpha value is 0.0229. The molecule has 0 saturated heterocycles. The average Bonchev–Trinajstić information content (AvgIpc) is 1.90. The summed E-state index contributed by atoms with van der Waals surface area (Å²) >= 11 is 0.403. The van der Waals surface area contributed by atoms with Crippen molar-refractivity contribution < 1.29 is 0 Å². The second-order valence-corrected chi connectivity index (χ2v) is 4.28. The maximum absolute atomic E-state index is 2.27. The molecule has 0 saturated carbocycles. The standard InChI is InChI=1S/C6H8Ge/c1-2-4-6-7-5-3-1/h1-4H,5-6H2. The molecule has 0 bridgehead atoms. The van der Waals surface area contributed by atoms with Crippen LogP contribution in [0.25, 0.3) is 0 Å². The Morgan fingerprint density at radius 1 is 1.00 bits per heavy atom. The fraction of sp³-hybridized carbons (Fsp3) is 0.333. The number of allylic oxidation sites excluding steroid dienone is 4. The van der Waals surface area contributed by atoms with Crippen molar-refractivity contribution in [3.8, 4) is 0 Å². The average molecular weight is 153 g/mol. The third kappa shape index (κ3) is 1.98. The van der Waals surface area contributed by atoms with Crippen LogP contribution in [0.3, 0.4) is 0 Å². The van der Waals surface area contributed by atoms with Gasteiger partial charge in [-0.2, -0.15) is 0 Å². The van der Waals surface area contributed by atoms with Crippen LogP contribution in [0.1, 0.15) is 0 Å². The van der Waals surface area contributed by atoms with Gasteiger partial charge in [0, 0.05) is 0 Å². The summed E-state index contributed by atoms with van der Waals surface area (Å²) in [5.41, 5.74) is 0. The molecule has 36 valence electrons. The summed E-state index contributed by atoms with van der Waals surface area (Å²) in [5, 5.41) is 2.76. The van der Waals surface area contributed by atoms with E-state index in [0.29, 0.717) is 15.4 Å². The molecule has 1 aliphatic heterocycles.